The minimum atomic E-state index is -2.04. The maximum Gasteiger partial charge on any atom is 0.330 e. The molecule has 0 aromatic rings. The highest BCUT2D eigenvalue weighted by Gasteiger charge is 2.81. The average molecular weight is 1200 g/mol. The lowest BCUT2D eigenvalue weighted by molar-refractivity contribution is -0.351. The minimum absolute atomic E-state index is 0.0517. The Morgan fingerprint density at radius 1 is 0.607 bits per heavy atom. The van der Waals surface area contributed by atoms with Crippen LogP contribution in [-0.2, 0) is 80.6 Å². The number of esters is 1. The normalized spacial score (nSPS) is 50.0. The number of carbonyl (C=O) groups excluding carboxylic acids is 2. The number of fused-ring (bicyclic) bond motifs is 5. The summed E-state index contributed by atoms with van der Waals surface area (Å²) in [6, 6.07) is 0. The molecule has 5 heterocycles. The molecule has 8 fully saturated rings. The first-order chi connectivity index (χ1) is 39.6. The molecule has 4 aliphatic carbocycles. The number of allylic oxidation sites excluding steroid dienone is 1. The summed E-state index contributed by atoms with van der Waals surface area (Å²) < 4.78 is 94.2. The second-order valence-electron chi connectivity index (χ2n) is 26.6. The van der Waals surface area contributed by atoms with Crippen molar-refractivity contribution in [3.05, 3.63) is 23.3 Å². The van der Waals surface area contributed by atoms with Gasteiger partial charge in [0.2, 0.25) is 0 Å². The summed E-state index contributed by atoms with van der Waals surface area (Å²) >= 11 is 0. The summed E-state index contributed by atoms with van der Waals surface area (Å²) in [5.41, 5.74) is -6.27. The number of ether oxygens (including phenoxy) is 15. The third-order valence-electron chi connectivity index (χ3n) is 21.6. The van der Waals surface area contributed by atoms with E-state index >= 15 is 0 Å². The number of hydrogen-bond donors (Lipinski definition) is 5. The zero-order chi connectivity index (χ0) is 61.2. The van der Waals surface area contributed by atoms with E-state index in [1.807, 2.05) is 54.5 Å². The lowest BCUT2D eigenvalue weighted by atomic mass is 9.42. The number of carbonyl (C=O) groups is 2. The van der Waals surface area contributed by atoms with Crippen LogP contribution in [0.3, 0.4) is 0 Å². The highest BCUT2D eigenvalue weighted by atomic mass is 16.8. The largest absolute Gasteiger partial charge is 0.458 e. The average Bonchev–Trinajstić information content (AvgIpc) is 1.34. The summed E-state index contributed by atoms with van der Waals surface area (Å²) in [5.74, 6) is -1.68. The summed E-state index contributed by atoms with van der Waals surface area (Å²) in [5, 5.41) is 60.2. The maximum absolute atomic E-state index is 13.6. The molecule has 480 valence electrons. The molecule has 0 aromatic heterocycles. The minimum Gasteiger partial charge on any atom is -0.458 e. The van der Waals surface area contributed by atoms with Crippen LogP contribution in [0.15, 0.2) is 23.3 Å². The molecule has 22 heteroatoms. The SMILES string of the molecule is COC1CC(OC2C(C)OC(OC3C(C)OC(OC4C(C)OC(OC5C(O)CC(OC6CCC7(C)C(=CCC8(O)C7CC(OC(=O)C=C(C)C(C)C)C7(C)C(O)(C(C)=O)CCC87O)C6)OC5C)CC4OC)CC3OC)CC2OC)OC(C)C1O. The predicted octanol–water partition coefficient (Wildman–Crippen LogP) is 5.01. The van der Waals surface area contributed by atoms with Crippen LogP contribution in [0.1, 0.15) is 153 Å². The van der Waals surface area contributed by atoms with E-state index in [2.05, 4.69) is 6.92 Å². The molecular formula is C62H100O22. The van der Waals surface area contributed by atoms with Crippen LogP contribution in [0.25, 0.3) is 0 Å². The van der Waals surface area contributed by atoms with Crippen LogP contribution in [0.4, 0.5) is 0 Å². The molecule has 5 saturated heterocycles. The standard InChI is InChI=1S/C62H100O22/c1-30(2)31(3)22-47(65)80-46-29-45-58(10)18-17-39(23-38(58)16-19-61(45,68)62(69)21-20-60(67,37(9)63)59(46,62)11)79-48-24-40(64)54(33(5)75-48)81-50-26-42(71-13)56(34(6)76-50)83-52-28-44(73-15)57(36(8)78-52)84-51-27-43(72-14)55(35(7)77-51)82-49-25-41(70-12)53(66)32(4)74-49/h16,22,30,32-36,39-46,48-57,64,66-69H,17-21,23-29H2,1-15H3. The van der Waals surface area contributed by atoms with E-state index in [9.17, 15) is 35.1 Å². The van der Waals surface area contributed by atoms with Gasteiger partial charge in [0.05, 0.1) is 72.6 Å². The van der Waals surface area contributed by atoms with E-state index in [1.54, 1.807) is 42.3 Å². The third-order valence-corrected chi connectivity index (χ3v) is 21.6. The second kappa shape index (κ2) is 26.0. The Kier molecular flexibility index (Phi) is 20.5. The fourth-order valence-electron chi connectivity index (χ4n) is 16.1. The van der Waals surface area contributed by atoms with Crippen LogP contribution >= 0.6 is 0 Å². The number of methoxy groups -OCH3 is 4. The highest BCUT2D eigenvalue weighted by molar-refractivity contribution is 5.87. The van der Waals surface area contributed by atoms with Gasteiger partial charge in [-0.1, -0.05) is 38.0 Å². The van der Waals surface area contributed by atoms with Gasteiger partial charge in [-0.15, -0.1) is 0 Å². The Balaban J connectivity index is 0.768. The zero-order valence-corrected chi connectivity index (χ0v) is 52.2. The van der Waals surface area contributed by atoms with Crippen molar-refractivity contribution >= 4 is 11.8 Å². The molecule has 5 N–H and O–H groups in total. The molecule has 0 spiro atoms. The van der Waals surface area contributed by atoms with Gasteiger partial charge in [-0.25, -0.2) is 4.79 Å². The predicted molar refractivity (Wildman–Crippen MR) is 298 cm³/mol. The maximum atomic E-state index is 13.6. The molecule has 22 nitrogen and oxygen atoms in total. The molecule has 0 aromatic carbocycles. The van der Waals surface area contributed by atoms with Crippen molar-refractivity contribution in [3.63, 3.8) is 0 Å². The summed E-state index contributed by atoms with van der Waals surface area (Å²) in [6.45, 7) is 20.1. The van der Waals surface area contributed by atoms with Crippen molar-refractivity contribution in [2.75, 3.05) is 28.4 Å². The van der Waals surface area contributed by atoms with Crippen LogP contribution in [0, 0.1) is 22.7 Å². The van der Waals surface area contributed by atoms with Crippen molar-refractivity contribution in [2.45, 2.75) is 305 Å². The van der Waals surface area contributed by atoms with Crippen molar-refractivity contribution in [1.82, 2.24) is 0 Å². The van der Waals surface area contributed by atoms with E-state index in [-0.39, 0.29) is 50.2 Å². The topological polar surface area (TPSA) is 274 Å². The van der Waals surface area contributed by atoms with Crippen LogP contribution in [0.2, 0.25) is 0 Å². The summed E-state index contributed by atoms with van der Waals surface area (Å²) in [6.07, 6.45) is -6.38. The van der Waals surface area contributed by atoms with Gasteiger partial charge in [0.25, 0.3) is 0 Å². The molecule has 84 heavy (non-hydrogen) atoms. The molecule has 0 amide bonds. The Morgan fingerprint density at radius 2 is 1.06 bits per heavy atom. The first-order valence-electron chi connectivity index (χ1n) is 30.9. The molecule has 28 atom stereocenters. The van der Waals surface area contributed by atoms with Gasteiger partial charge in [-0.2, -0.15) is 0 Å². The molecule has 28 unspecified atom stereocenters. The number of aliphatic hydroxyl groups excluding tert-OH is 2. The van der Waals surface area contributed by atoms with E-state index < -0.39 is 168 Å². The molecule has 3 saturated carbocycles. The van der Waals surface area contributed by atoms with Crippen molar-refractivity contribution in [3.8, 4) is 0 Å². The highest BCUT2D eigenvalue weighted by Crippen LogP contribution is 2.71. The van der Waals surface area contributed by atoms with Gasteiger partial charge in [0.1, 0.15) is 53.4 Å². The number of hydrogen-bond acceptors (Lipinski definition) is 22. The lowest BCUT2D eigenvalue weighted by Crippen LogP contribution is -2.78. The molecule has 0 radical (unpaired) electrons. The van der Waals surface area contributed by atoms with Crippen molar-refractivity contribution in [2.24, 2.45) is 22.7 Å². The van der Waals surface area contributed by atoms with Crippen LogP contribution < -0.4 is 0 Å². The molecular weight excluding hydrogens is 1100 g/mol. The van der Waals surface area contributed by atoms with Gasteiger partial charge in [-0.3, -0.25) is 4.79 Å². The van der Waals surface area contributed by atoms with Crippen LogP contribution in [-0.4, -0.2) is 218 Å². The summed E-state index contributed by atoms with van der Waals surface area (Å²) in [4.78, 5) is 26.9. The van der Waals surface area contributed by atoms with E-state index in [0.717, 1.165) is 11.1 Å². The molecule has 9 aliphatic rings. The smallest absolute Gasteiger partial charge is 0.330 e. The van der Waals surface area contributed by atoms with Crippen LogP contribution in [0.5, 0.6) is 0 Å². The number of Topliss-reactive ketones (excluding diaryl/α,β-unsaturated/α-hetero) is 1. The number of ketones is 1. The van der Waals surface area contributed by atoms with E-state index in [1.165, 1.54) is 13.0 Å². The quantitative estimate of drug-likeness (QED) is 0.0686. The van der Waals surface area contributed by atoms with Gasteiger partial charge in [0, 0.05) is 72.5 Å². The Morgan fingerprint density at radius 3 is 1.52 bits per heavy atom. The number of aliphatic hydroxyl groups is 5. The first-order valence-corrected chi connectivity index (χ1v) is 30.9. The van der Waals surface area contributed by atoms with Gasteiger partial charge >= 0.3 is 5.97 Å². The fourth-order valence-corrected chi connectivity index (χ4v) is 16.1. The first kappa shape index (κ1) is 66.3. The van der Waals surface area contributed by atoms with Crippen molar-refractivity contribution < 1.29 is 106 Å². The van der Waals surface area contributed by atoms with E-state index in [4.69, 9.17) is 71.1 Å². The Labute approximate surface area is 496 Å². The third kappa shape index (κ3) is 12.2. The zero-order valence-electron chi connectivity index (χ0n) is 52.2. The lowest BCUT2D eigenvalue weighted by Gasteiger charge is -2.67. The summed E-state index contributed by atoms with van der Waals surface area (Å²) in [7, 11) is 6.43. The molecule has 9 rings (SSSR count). The number of rotatable bonds is 18. The van der Waals surface area contributed by atoms with Gasteiger partial charge in [-0.05, 0) is 112 Å². The van der Waals surface area contributed by atoms with Gasteiger partial charge in [0.15, 0.2) is 37.2 Å². The molecule has 5 aliphatic heterocycles. The van der Waals surface area contributed by atoms with Crippen molar-refractivity contribution in [1.29, 1.82) is 0 Å². The second-order valence-corrected chi connectivity index (χ2v) is 26.6. The Hall–Kier alpha value is -2.14. The van der Waals surface area contributed by atoms with E-state index in [0.29, 0.717) is 44.9 Å². The van der Waals surface area contributed by atoms with Gasteiger partial charge < -0.3 is 96.6 Å². The monoisotopic (exact) mass is 1200 g/mol. The Bertz CT molecular complexity index is 2330. The molecule has 0 bridgehead atoms. The fraction of sp³-hybridized carbons (Fsp3) is 0.903.